The van der Waals surface area contributed by atoms with Crippen LogP contribution in [0.15, 0.2) is 16.7 Å². The van der Waals surface area contributed by atoms with E-state index in [9.17, 15) is 9.59 Å². The quantitative estimate of drug-likeness (QED) is 0.616. The van der Waals surface area contributed by atoms with Gasteiger partial charge in [0.1, 0.15) is 5.69 Å². The number of carbonyl (C=O) groups is 2. The molecule has 1 heterocycles. The number of aromatic nitrogens is 1. The molecule has 0 unspecified atom stereocenters. The monoisotopic (exact) mass is 330 g/mol. The Balaban J connectivity index is 2.37. The summed E-state index contributed by atoms with van der Waals surface area (Å²) in [6.45, 7) is 5.34. The lowest BCUT2D eigenvalue weighted by Gasteiger charge is -2.07. The summed E-state index contributed by atoms with van der Waals surface area (Å²) in [5.41, 5.74) is 0.616. The van der Waals surface area contributed by atoms with Crippen molar-refractivity contribution >= 4 is 27.8 Å². The fourth-order valence-corrected chi connectivity index (χ4v) is 2.15. The molecule has 0 aliphatic heterocycles. The lowest BCUT2D eigenvalue weighted by molar-refractivity contribution is -0.143. The van der Waals surface area contributed by atoms with E-state index in [1.807, 2.05) is 17.7 Å². The maximum atomic E-state index is 11.9. The predicted octanol–water partition coefficient (Wildman–Crippen LogP) is 2.34. The van der Waals surface area contributed by atoms with Crippen molar-refractivity contribution in [2.75, 3.05) is 13.2 Å². The molecule has 0 saturated carbocycles. The number of amides is 1. The molecular weight excluding hydrogens is 312 g/mol. The van der Waals surface area contributed by atoms with Crippen LogP contribution in [0.2, 0.25) is 0 Å². The number of nitrogens with one attached hydrogen (secondary N) is 1. The van der Waals surface area contributed by atoms with E-state index < -0.39 is 0 Å². The van der Waals surface area contributed by atoms with Crippen LogP contribution < -0.4 is 5.32 Å². The van der Waals surface area contributed by atoms with Crippen molar-refractivity contribution in [2.24, 2.45) is 0 Å². The van der Waals surface area contributed by atoms with Gasteiger partial charge in [-0.3, -0.25) is 9.59 Å². The maximum absolute atomic E-state index is 11.9. The highest BCUT2D eigenvalue weighted by Crippen LogP contribution is 2.14. The summed E-state index contributed by atoms with van der Waals surface area (Å²) < 4.78 is 7.56. The van der Waals surface area contributed by atoms with E-state index in [4.69, 9.17) is 4.74 Å². The Kier molecular flexibility index (Phi) is 6.62. The van der Waals surface area contributed by atoms with Gasteiger partial charge >= 0.3 is 5.97 Å². The van der Waals surface area contributed by atoms with Crippen LogP contribution in [-0.4, -0.2) is 29.6 Å². The topological polar surface area (TPSA) is 60.3 Å². The molecule has 1 amide bonds. The first-order valence-electron chi connectivity index (χ1n) is 6.38. The molecule has 0 spiro atoms. The van der Waals surface area contributed by atoms with Crippen molar-refractivity contribution in [1.29, 1.82) is 0 Å². The van der Waals surface area contributed by atoms with Gasteiger partial charge in [-0.25, -0.2) is 0 Å². The van der Waals surface area contributed by atoms with Crippen molar-refractivity contribution in [3.8, 4) is 0 Å². The van der Waals surface area contributed by atoms with Gasteiger partial charge in [0.25, 0.3) is 5.91 Å². The molecule has 0 radical (unpaired) electrons. The van der Waals surface area contributed by atoms with Crippen molar-refractivity contribution in [3.63, 3.8) is 0 Å². The van der Waals surface area contributed by atoms with Crippen molar-refractivity contribution in [3.05, 3.63) is 22.4 Å². The molecule has 1 rings (SSSR count). The first-order valence-corrected chi connectivity index (χ1v) is 7.17. The molecule has 5 nitrogen and oxygen atoms in total. The van der Waals surface area contributed by atoms with Crippen molar-refractivity contribution in [1.82, 2.24) is 9.88 Å². The summed E-state index contributed by atoms with van der Waals surface area (Å²) in [6, 6.07) is 1.78. The Labute approximate surface area is 121 Å². The summed E-state index contributed by atoms with van der Waals surface area (Å²) in [5.74, 6) is -0.354. The average Bonchev–Trinajstić information content (AvgIpc) is 2.76. The maximum Gasteiger partial charge on any atom is 0.305 e. The predicted molar refractivity (Wildman–Crippen MR) is 76.0 cm³/mol. The lowest BCUT2D eigenvalue weighted by atomic mass is 10.3. The number of aryl methyl sites for hydroxylation is 1. The SMILES string of the molecule is CCOC(=O)CCCNC(=O)c1cc(Br)cn1CC. The van der Waals surface area contributed by atoms with Crippen molar-refractivity contribution < 1.29 is 14.3 Å². The van der Waals surface area contributed by atoms with E-state index in [1.165, 1.54) is 0 Å². The lowest BCUT2D eigenvalue weighted by Crippen LogP contribution is -2.27. The number of halogens is 1. The molecule has 106 valence electrons. The van der Waals surface area contributed by atoms with E-state index >= 15 is 0 Å². The number of carbonyl (C=O) groups excluding carboxylic acids is 2. The molecule has 0 aliphatic carbocycles. The highest BCUT2D eigenvalue weighted by molar-refractivity contribution is 9.10. The van der Waals surface area contributed by atoms with Crippen LogP contribution in [0.5, 0.6) is 0 Å². The van der Waals surface area contributed by atoms with Gasteiger partial charge in [0, 0.05) is 30.2 Å². The minimum Gasteiger partial charge on any atom is -0.466 e. The van der Waals surface area contributed by atoms with Gasteiger partial charge in [-0.1, -0.05) is 0 Å². The van der Waals surface area contributed by atoms with E-state index in [0.717, 1.165) is 11.0 Å². The zero-order chi connectivity index (χ0) is 14.3. The van der Waals surface area contributed by atoms with E-state index in [-0.39, 0.29) is 11.9 Å². The molecule has 0 aliphatic rings. The second kappa shape index (κ2) is 7.99. The van der Waals surface area contributed by atoms with Gasteiger partial charge in [-0.2, -0.15) is 0 Å². The highest BCUT2D eigenvalue weighted by Gasteiger charge is 2.11. The highest BCUT2D eigenvalue weighted by atomic mass is 79.9. The molecule has 19 heavy (non-hydrogen) atoms. The van der Waals surface area contributed by atoms with Gasteiger partial charge < -0.3 is 14.6 Å². The Morgan fingerprint density at radius 3 is 2.79 bits per heavy atom. The Morgan fingerprint density at radius 2 is 2.16 bits per heavy atom. The molecule has 0 bridgehead atoms. The van der Waals surface area contributed by atoms with Crippen LogP contribution in [0.3, 0.4) is 0 Å². The third-order valence-corrected chi connectivity index (χ3v) is 3.02. The molecule has 0 fully saturated rings. The third kappa shape index (κ3) is 5.06. The molecule has 0 saturated heterocycles. The van der Waals surface area contributed by atoms with E-state index in [0.29, 0.717) is 31.7 Å². The van der Waals surface area contributed by atoms with Crippen LogP contribution in [0.1, 0.15) is 37.2 Å². The van der Waals surface area contributed by atoms with Crippen molar-refractivity contribution in [2.45, 2.75) is 33.2 Å². The van der Waals surface area contributed by atoms with Gasteiger partial charge in [0.15, 0.2) is 0 Å². The van der Waals surface area contributed by atoms with Crippen LogP contribution in [0.25, 0.3) is 0 Å². The summed E-state index contributed by atoms with van der Waals surface area (Å²) >= 11 is 3.35. The molecule has 6 heteroatoms. The van der Waals surface area contributed by atoms with Gasteiger partial charge in [-0.05, 0) is 42.3 Å². The van der Waals surface area contributed by atoms with Gasteiger partial charge in [0.05, 0.1) is 6.61 Å². The fourth-order valence-electron chi connectivity index (χ4n) is 1.69. The second-order valence-electron chi connectivity index (χ2n) is 3.99. The minimum atomic E-state index is -0.226. The van der Waals surface area contributed by atoms with E-state index in [2.05, 4.69) is 21.2 Å². The minimum absolute atomic E-state index is 0.128. The Hall–Kier alpha value is -1.30. The number of rotatable bonds is 7. The molecule has 0 aromatic carbocycles. The van der Waals surface area contributed by atoms with Gasteiger partial charge in [0.2, 0.25) is 0 Å². The Bertz CT molecular complexity index is 443. The summed E-state index contributed by atoms with van der Waals surface area (Å²) in [6.07, 6.45) is 2.78. The summed E-state index contributed by atoms with van der Waals surface area (Å²) in [7, 11) is 0. The van der Waals surface area contributed by atoms with Crippen LogP contribution in [-0.2, 0) is 16.1 Å². The van der Waals surface area contributed by atoms with Gasteiger partial charge in [-0.15, -0.1) is 0 Å². The zero-order valence-electron chi connectivity index (χ0n) is 11.2. The molecular formula is C13H19BrN2O3. The first-order chi connectivity index (χ1) is 9.08. The smallest absolute Gasteiger partial charge is 0.305 e. The Morgan fingerprint density at radius 1 is 1.42 bits per heavy atom. The standard InChI is InChI=1S/C13H19BrN2O3/c1-3-16-9-10(14)8-11(16)13(18)15-7-5-6-12(17)19-4-2/h8-9H,3-7H2,1-2H3,(H,15,18). The number of nitrogens with zero attached hydrogens (tertiary/aromatic N) is 1. The fraction of sp³-hybridized carbons (Fsp3) is 0.538. The number of hydrogen-bond acceptors (Lipinski definition) is 3. The normalized spacial score (nSPS) is 10.3. The van der Waals surface area contributed by atoms with Crippen LogP contribution in [0.4, 0.5) is 0 Å². The number of esters is 1. The molecule has 1 aromatic rings. The second-order valence-corrected chi connectivity index (χ2v) is 4.91. The third-order valence-electron chi connectivity index (χ3n) is 2.59. The number of ether oxygens (including phenoxy) is 1. The zero-order valence-corrected chi connectivity index (χ0v) is 12.8. The van der Waals surface area contributed by atoms with Crippen LogP contribution in [0, 0.1) is 0 Å². The molecule has 1 aromatic heterocycles. The number of hydrogen-bond donors (Lipinski definition) is 1. The molecule has 1 N–H and O–H groups in total. The largest absolute Gasteiger partial charge is 0.466 e. The van der Waals surface area contributed by atoms with Crippen LogP contribution >= 0.6 is 15.9 Å². The van der Waals surface area contributed by atoms with E-state index in [1.54, 1.807) is 13.0 Å². The summed E-state index contributed by atoms with van der Waals surface area (Å²) in [5, 5.41) is 2.80. The summed E-state index contributed by atoms with van der Waals surface area (Å²) in [4.78, 5) is 23.1. The molecule has 0 atom stereocenters. The average molecular weight is 331 g/mol. The first kappa shape index (κ1) is 15.8.